The first-order valence-corrected chi connectivity index (χ1v) is 9.82. The van der Waals surface area contributed by atoms with Crippen molar-refractivity contribution < 1.29 is 19.1 Å². The van der Waals surface area contributed by atoms with Crippen molar-refractivity contribution in [2.75, 3.05) is 20.2 Å². The Labute approximate surface area is 174 Å². The summed E-state index contributed by atoms with van der Waals surface area (Å²) in [5.74, 6) is -0.917. The van der Waals surface area contributed by atoms with Crippen LogP contribution in [0.1, 0.15) is 39.6 Å². The van der Waals surface area contributed by atoms with E-state index in [1.54, 1.807) is 4.90 Å². The molecule has 1 aliphatic rings. The zero-order valence-corrected chi connectivity index (χ0v) is 16.9. The molecule has 0 fully saturated rings. The Morgan fingerprint density at radius 2 is 1.87 bits per heavy atom. The van der Waals surface area contributed by atoms with Crippen LogP contribution in [0, 0.1) is 6.92 Å². The maximum Gasteiger partial charge on any atom is 0.325 e. The zero-order valence-electron chi connectivity index (χ0n) is 16.9. The van der Waals surface area contributed by atoms with E-state index in [4.69, 9.17) is 0 Å². The molecule has 7 heteroatoms. The van der Waals surface area contributed by atoms with E-state index >= 15 is 0 Å². The Morgan fingerprint density at radius 3 is 2.67 bits per heavy atom. The van der Waals surface area contributed by atoms with Gasteiger partial charge in [0.2, 0.25) is 5.91 Å². The minimum absolute atomic E-state index is 0.0919. The lowest BCUT2D eigenvalue weighted by Gasteiger charge is -2.26. The molecule has 0 saturated heterocycles. The summed E-state index contributed by atoms with van der Waals surface area (Å²) in [6, 6.07) is 15.3. The van der Waals surface area contributed by atoms with Crippen molar-refractivity contribution in [2.24, 2.45) is 0 Å². The van der Waals surface area contributed by atoms with Crippen LogP contribution >= 0.6 is 0 Å². The van der Waals surface area contributed by atoms with E-state index < -0.39 is 5.97 Å². The van der Waals surface area contributed by atoms with Crippen LogP contribution in [0.3, 0.4) is 0 Å². The number of nitrogens with one attached hydrogen (secondary N) is 2. The standard InChI is InChI=1S/C23H23N3O4/c1-14-21(17-9-5-6-10-18(17)25-14)22-15-7-3-4-8-16(15)23(29)26(22)12-11-19(27)24-13-20(28)30-2/h3-10,22,25H,11-13H2,1-2H3,(H,24,27)/t22-/m1/s1. The van der Waals surface area contributed by atoms with E-state index in [0.29, 0.717) is 5.56 Å². The highest BCUT2D eigenvalue weighted by Gasteiger charge is 2.39. The van der Waals surface area contributed by atoms with Gasteiger partial charge >= 0.3 is 5.97 Å². The number of para-hydroxylation sites is 1. The summed E-state index contributed by atoms with van der Waals surface area (Å²) in [4.78, 5) is 41.8. The molecule has 0 spiro atoms. The van der Waals surface area contributed by atoms with Gasteiger partial charge in [-0.25, -0.2) is 0 Å². The smallest absolute Gasteiger partial charge is 0.325 e. The molecule has 0 bridgehead atoms. The minimum Gasteiger partial charge on any atom is -0.468 e. The van der Waals surface area contributed by atoms with Gasteiger partial charge in [0.25, 0.3) is 5.91 Å². The molecule has 1 aromatic heterocycles. The number of amides is 2. The number of carbonyl (C=O) groups is 3. The van der Waals surface area contributed by atoms with Crippen LogP contribution in [-0.2, 0) is 14.3 Å². The van der Waals surface area contributed by atoms with Crippen LogP contribution in [0.4, 0.5) is 0 Å². The first-order valence-electron chi connectivity index (χ1n) is 9.82. The molecular formula is C23H23N3O4. The number of aromatic nitrogens is 1. The highest BCUT2D eigenvalue weighted by molar-refractivity contribution is 6.01. The summed E-state index contributed by atoms with van der Waals surface area (Å²) in [6.07, 6.45) is 0.0919. The molecule has 1 atom stereocenters. The molecule has 0 unspecified atom stereocenters. The monoisotopic (exact) mass is 405 g/mol. The average molecular weight is 405 g/mol. The number of hydrogen-bond acceptors (Lipinski definition) is 4. The normalized spacial score (nSPS) is 15.3. The number of hydrogen-bond donors (Lipinski definition) is 2. The van der Waals surface area contributed by atoms with Gasteiger partial charge in [-0.3, -0.25) is 14.4 Å². The number of nitrogens with zero attached hydrogens (tertiary/aromatic N) is 1. The minimum atomic E-state index is -0.514. The Morgan fingerprint density at radius 1 is 1.13 bits per heavy atom. The third-order valence-corrected chi connectivity index (χ3v) is 5.51. The molecule has 0 aliphatic carbocycles. The molecule has 0 radical (unpaired) electrons. The van der Waals surface area contributed by atoms with Crippen LogP contribution in [0.2, 0.25) is 0 Å². The van der Waals surface area contributed by atoms with E-state index in [1.807, 2.05) is 55.5 Å². The molecule has 4 rings (SSSR count). The number of methoxy groups -OCH3 is 1. The molecule has 2 heterocycles. The number of ether oxygens (including phenoxy) is 1. The quantitative estimate of drug-likeness (QED) is 0.617. The number of rotatable bonds is 6. The fourth-order valence-electron chi connectivity index (χ4n) is 4.12. The van der Waals surface area contributed by atoms with E-state index in [2.05, 4.69) is 15.0 Å². The van der Waals surface area contributed by atoms with E-state index in [0.717, 1.165) is 27.7 Å². The van der Waals surface area contributed by atoms with E-state index in [1.165, 1.54) is 7.11 Å². The topological polar surface area (TPSA) is 91.5 Å². The van der Waals surface area contributed by atoms with Gasteiger partial charge in [0.1, 0.15) is 6.54 Å². The summed E-state index contributed by atoms with van der Waals surface area (Å²) in [5, 5.41) is 3.59. The lowest BCUT2D eigenvalue weighted by molar-refractivity contribution is -0.141. The fourth-order valence-corrected chi connectivity index (χ4v) is 4.12. The van der Waals surface area contributed by atoms with Crippen LogP contribution in [0.25, 0.3) is 10.9 Å². The summed E-state index contributed by atoms with van der Waals surface area (Å²) >= 11 is 0. The zero-order chi connectivity index (χ0) is 21.3. The van der Waals surface area contributed by atoms with Crippen molar-refractivity contribution in [1.29, 1.82) is 0 Å². The van der Waals surface area contributed by atoms with E-state index in [9.17, 15) is 14.4 Å². The number of esters is 1. The van der Waals surface area contributed by atoms with Crippen molar-refractivity contribution >= 4 is 28.7 Å². The Hall–Kier alpha value is -3.61. The van der Waals surface area contributed by atoms with Gasteiger partial charge in [-0.05, 0) is 24.6 Å². The second-order valence-electron chi connectivity index (χ2n) is 7.30. The third kappa shape index (κ3) is 3.43. The van der Waals surface area contributed by atoms with Crippen molar-refractivity contribution in [3.63, 3.8) is 0 Å². The summed E-state index contributed by atoms with van der Waals surface area (Å²) in [6.45, 7) is 2.06. The molecular weight excluding hydrogens is 382 g/mol. The Bertz CT molecular complexity index is 1130. The van der Waals surface area contributed by atoms with Crippen LogP contribution in [0.5, 0.6) is 0 Å². The van der Waals surface area contributed by atoms with Crippen molar-refractivity contribution in [2.45, 2.75) is 19.4 Å². The fraction of sp³-hybridized carbons (Fsp3) is 0.261. The number of fused-ring (bicyclic) bond motifs is 2. The molecule has 7 nitrogen and oxygen atoms in total. The Kier molecular flexibility index (Phi) is 5.27. The second kappa shape index (κ2) is 8.02. The average Bonchev–Trinajstić information content (AvgIpc) is 3.23. The maximum atomic E-state index is 13.2. The molecule has 154 valence electrons. The highest BCUT2D eigenvalue weighted by atomic mass is 16.5. The van der Waals surface area contributed by atoms with Crippen LogP contribution in [0.15, 0.2) is 48.5 Å². The number of carbonyl (C=O) groups excluding carboxylic acids is 3. The maximum absolute atomic E-state index is 13.2. The molecule has 3 aromatic rings. The predicted octanol–water partition coefficient (Wildman–Crippen LogP) is 2.70. The SMILES string of the molecule is COC(=O)CNC(=O)CCN1C(=O)c2ccccc2[C@@H]1c1c(C)[nH]c2ccccc12. The predicted molar refractivity (Wildman–Crippen MR) is 112 cm³/mol. The number of aromatic amines is 1. The first kappa shape index (κ1) is 19.7. The van der Waals surface area contributed by atoms with Gasteiger partial charge in [-0.1, -0.05) is 36.4 Å². The molecule has 2 aromatic carbocycles. The largest absolute Gasteiger partial charge is 0.468 e. The highest BCUT2D eigenvalue weighted by Crippen LogP contribution is 2.42. The van der Waals surface area contributed by atoms with Gasteiger partial charge in [0.15, 0.2) is 0 Å². The van der Waals surface area contributed by atoms with Gasteiger partial charge < -0.3 is 19.9 Å². The molecule has 2 N–H and O–H groups in total. The van der Waals surface area contributed by atoms with Crippen molar-refractivity contribution in [3.8, 4) is 0 Å². The van der Waals surface area contributed by atoms with Gasteiger partial charge in [-0.15, -0.1) is 0 Å². The van der Waals surface area contributed by atoms with Crippen molar-refractivity contribution in [3.05, 3.63) is 70.9 Å². The number of H-pyrrole nitrogens is 1. The summed E-state index contributed by atoms with van der Waals surface area (Å²) < 4.78 is 4.54. The molecule has 1 aliphatic heterocycles. The van der Waals surface area contributed by atoms with Gasteiger partial charge in [-0.2, -0.15) is 0 Å². The lowest BCUT2D eigenvalue weighted by atomic mass is 9.95. The third-order valence-electron chi connectivity index (χ3n) is 5.51. The van der Waals surface area contributed by atoms with Crippen molar-refractivity contribution in [1.82, 2.24) is 15.2 Å². The Balaban J connectivity index is 1.66. The second-order valence-corrected chi connectivity index (χ2v) is 7.30. The van der Waals surface area contributed by atoms with Crippen LogP contribution < -0.4 is 5.32 Å². The number of aryl methyl sites for hydroxylation is 1. The van der Waals surface area contributed by atoms with Gasteiger partial charge in [0, 0.05) is 40.7 Å². The summed E-state index contributed by atoms with van der Waals surface area (Å²) in [5.41, 5.74) is 4.63. The van der Waals surface area contributed by atoms with Gasteiger partial charge in [0.05, 0.1) is 13.2 Å². The first-order chi connectivity index (χ1) is 14.5. The molecule has 2 amide bonds. The summed E-state index contributed by atoms with van der Waals surface area (Å²) in [7, 11) is 1.27. The van der Waals surface area contributed by atoms with Crippen LogP contribution in [-0.4, -0.2) is 47.9 Å². The number of benzene rings is 2. The van der Waals surface area contributed by atoms with E-state index in [-0.39, 0.29) is 37.4 Å². The lowest BCUT2D eigenvalue weighted by Crippen LogP contribution is -2.35. The molecule has 0 saturated carbocycles. The molecule has 30 heavy (non-hydrogen) atoms.